The van der Waals surface area contributed by atoms with Crippen molar-refractivity contribution in [3.8, 4) is 0 Å². The number of benzene rings is 5. The van der Waals surface area contributed by atoms with Gasteiger partial charge in [-0.2, -0.15) is 0 Å². The van der Waals surface area contributed by atoms with Crippen LogP contribution in [0.5, 0.6) is 0 Å². The maximum atomic E-state index is 14.2. The second-order valence-electron chi connectivity index (χ2n) is 11.9. The molecule has 0 spiro atoms. The molecule has 0 aromatic heterocycles. The van der Waals surface area contributed by atoms with E-state index in [2.05, 4.69) is 59.2 Å². The number of nitrogens with two attached hydrogens (primary N) is 1. The van der Waals surface area contributed by atoms with Gasteiger partial charge in [0, 0.05) is 42.8 Å². The lowest BCUT2D eigenvalue weighted by atomic mass is 9.90. The summed E-state index contributed by atoms with van der Waals surface area (Å²) in [6.45, 7) is 1.72. The van der Waals surface area contributed by atoms with Gasteiger partial charge in [-0.15, -0.1) is 0 Å². The van der Waals surface area contributed by atoms with Crippen molar-refractivity contribution in [1.29, 1.82) is 0 Å². The van der Waals surface area contributed by atoms with Crippen molar-refractivity contribution >= 4 is 28.3 Å². The molecule has 0 unspecified atom stereocenters. The highest BCUT2D eigenvalue weighted by Gasteiger charge is 2.33. The lowest BCUT2D eigenvalue weighted by molar-refractivity contribution is -0.132. The molecule has 1 fully saturated rings. The molecule has 5 aromatic rings. The Bertz CT molecular complexity index is 1700. The number of carbonyl (C=O) groups excluding carboxylic acids is 2. The third-order valence-electron chi connectivity index (χ3n) is 8.87. The second-order valence-corrected chi connectivity index (χ2v) is 11.9. The molecule has 4 N–H and O–H groups in total. The lowest BCUT2D eigenvalue weighted by Gasteiger charge is -2.29. The van der Waals surface area contributed by atoms with Gasteiger partial charge in [0.1, 0.15) is 0 Å². The van der Waals surface area contributed by atoms with Crippen LogP contribution >= 0.6 is 0 Å². The minimum atomic E-state index is -0.425. The molecule has 6 nitrogen and oxygen atoms in total. The van der Waals surface area contributed by atoms with Gasteiger partial charge in [0.15, 0.2) is 0 Å². The molecule has 5 aromatic carbocycles. The summed E-state index contributed by atoms with van der Waals surface area (Å²) in [6.07, 6.45) is 2.00. The molecule has 0 aliphatic carbocycles. The van der Waals surface area contributed by atoms with Gasteiger partial charge in [-0.25, -0.2) is 0 Å². The fourth-order valence-electron chi connectivity index (χ4n) is 6.36. The number of nitrogens with one attached hydrogen (secondary N) is 2. The normalized spacial score (nSPS) is 16.9. The van der Waals surface area contributed by atoms with E-state index in [4.69, 9.17) is 5.73 Å². The summed E-state index contributed by atoms with van der Waals surface area (Å²) < 4.78 is 0. The minimum absolute atomic E-state index is 0.0524. The number of nitrogen functional groups attached to an aromatic ring is 1. The molecule has 1 saturated heterocycles. The van der Waals surface area contributed by atoms with Gasteiger partial charge in [-0.3, -0.25) is 9.59 Å². The highest BCUT2D eigenvalue weighted by molar-refractivity contribution is 5.98. The summed E-state index contributed by atoms with van der Waals surface area (Å²) in [6, 6.07) is 42.0. The van der Waals surface area contributed by atoms with E-state index in [1.54, 1.807) is 0 Å². The van der Waals surface area contributed by atoms with Crippen molar-refractivity contribution in [2.45, 2.75) is 37.3 Å². The molecular weight excluding hydrogens is 556 g/mol. The number of hydrogen-bond acceptors (Lipinski definition) is 4. The predicted molar refractivity (Wildman–Crippen MR) is 182 cm³/mol. The highest BCUT2D eigenvalue weighted by atomic mass is 16.2. The third kappa shape index (κ3) is 7.41. The van der Waals surface area contributed by atoms with Crippen LogP contribution in [0.25, 0.3) is 10.8 Å². The fraction of sp³-hybridized carbons (Fsp3) is 0.231. The number of hydrogen-bond donors (Lipinski definition) is 3. The van der Waals surface area contributed by atoms with Crippen LogP contribution in [-0.2, 0) is 11.2 Å². The Morgan fingerprint density at radius 3 is 2.18 bits per heavy atom. The van der Waals surface area contributed by atoms with Crippen LogP contribution in [0.1, 0.15) is 45.8 Å². The van der Waals surface area contributed by atoms with Crippen molar-refractivity contribution in [2.24, 2.45) is 0 Å². The quantitative estimate of drug-likeness (QED) is 0.168. The molecule has 1 aliphatic rings. The zero-order valence-electron chi connectivity index (χ0n) is 25.4. The highest BCUT2D eigenvalue weighted by Crippen LogP contribution is 2.27. The van der Waals surface area contributed by atoms with Crippen LogP contribution in [-0.4, -0.2) is 48.4 Å². The maximum Gasteiger partial charge on any atom is 0.251 e. The van der Waals surface area contributed by atoms with E-state index in [0.717, 1.165) is 22.8 Å². The molecular formula is C39H40N4O2. The van der Waals surface area contributed by atoms with Gasteiger partial charge < -0.3 is 21.3 Å². The summed E-state index contributed by atoms with van der Waals surface area (Å²) in [5, 5.41) is 8.92. The minimum Gasteiger partial charge on any atom is -0.399 e. The Kier molecular flexibility index (Phi) is 9.52. The third-order valence-corrected chi connectivity index (χ3v) is 8.87. The van der Waals surface area contributed by atoms with Gasteiger partial charge in [0.05, 0.1) is 6.04 Å². The SMILES string of the molecule is Nc1ccccc1C[C@H]1N[C@@H](CCNC(=O)c2ccc3ccccc3c2)CCN(CC(c2ccccc2)c2ccccc2)C1=O. The first kappa shape index (κ1) is 30.1. The van der Waals surface area contributed by atoms with Gasteiger partial charge in [-0.05, 0) is 64.9 Å². The average molecular weight is 597 g/mol. The molecule has 0 radical (unpaired) electrons. The van der Waals surface area contributed by atoms with Gasteiger partial charge in [-0.1, -0.05) is 109 Å². The van der Waals surface area contributed by atoms with E-state index in [9.17, 15) is 9.59 Å². The molecule has 228 valence electrons. The summed E-state index contributed by atoms with van der Waals surface area (Å²) in [4.78, 5) is 29.3. The smallest absolute Gasteiger partial charge is 0.251 e. The summed E-state index contributed by atoms with van der Waals surface area (Å²) in [7, 11) is 0. The number of para-hydroxylation sites is 1. The first-order valence-electron chi connectivity index (χ1n) is 15.8. The lowest BCUT2D eigenvalue weighted by Crippen LogP contribution is -2.48. The standard InChI is InChI=1S/C39H40N4O2/c40-36-18-10-9-17-32(36)26-37-39(45)43(27-35(29-12-3-1-4-13-29)30-14-5-2-6-15-30)24-22-34(42-37)21-23-41-38(44)33-20-19-28-11-7-8-16-31(28)25-33/h1-20,25,34-35,37,42H,21-24,26-27,40H2,(H,41,44)/t34-,37+/m0/s1. The molecule has 6 heteroatoms. The molecule has 2 amide bonds. The van der Waals surface area contributed by atoms with Crippen molar-refractivity contribution in [2.75, 3.05) is 25.4 Å². The van der Waals surface area contributed by atoms with Crippen molar-refractivity contribution < 1.29 is 9.59 Å². The first-order valence-corrected chi connectivity index (χ1v) is 15.8. The van der Waals surface area contributed by atoms with E-state index in [0.29, 0.717) is 43.7 Å². The maximum absolute atomic E-state index is 14.2. The van der Waals surface area contributed by atoms with Crippen LogP contribution in [0.3, 0.4) is 0 Å². The predicted octanol–water partition coefficient (Wildman–Crippen LogP) is 6.18. The molecule has 0 saturated carbocycles. The van der Waals surface area contributed by atoms with Crippen LogP contribution in [0.2, 0.25) is 0 Å². The Hall–Kier alpha value is -4.94. The fourth-order valence-corrected chi connectivity index (χ4v) is 6.36. The van der Waals surface area contributed by atoms with E-state index in [-0.39, 0.29) is 23.8 Å². The van der Waals surface area contributed by atoms with Crippen LogP contribution in [0, 0.1) is 0 Å². The van der Waals surface area contributed by atoms with Crippen LogP contribution in [0.4, 0.5) is 5.69 Å². The number of anilines is 1. The molecule has 1 heterocycles. The average Bonchev–Trinajstić information content (AvgIpc) is 3.22. The van der Waals surface area contributed by atoms with Gasteiger partial charge >= 0.3 is 0 Å². The first-order chi connectivity index (χ1) is 22.0. The summed E-state index contributed by atoms with van der Waals surface area (Å²) in [5.41, 5.74) is 11.0. The van der Waals surface area contributed by atoms with E-state index >= 15 is 0 Å². The second kappa shape index (κ2) is 14.2. The number of rotatable bonds is 10. The van der Waals surface area contributed by atoms with Crippen LogP contribution in [0.15, 0.2) is 127 Å². The van der Waals surface area contributed by atoms with E-state index in [1.165, 1.54) is 11.1 Å². The largest absolute Gasteiger partial charge is 0.399 e. The van der Waals surface area contributed by atoms with Crippen molar-refractivity contribution in [1.82, 2.24) is 15.5 Å². The zero-order chi connectivity index (χ0) is 31.0. The van der Waals surface area contributed by atoms with Crippen molar-refractivity contribution in [3.63, 3.8) is 0 Å². The zero-order valence-corrected chi connectivity index (χ0v) is 25.4. The molecule has 45 heavy (non-hydrogen) atoms. The number of carbonyl (C=O) groups is 2. The number of nitrogens with zero attached hydrogens (tertiary/aromatic N) is 1. The Balaban J connectivity index is 1.18. The van der Waals surface area contributed by atoms with Crippen LogP contribution < -0.4 is 16.4 Å². The molecule has 6 rings (SSSR count). The number of fused-ring (bicyclic) bond motifs is 1. The Morgan fingerprint density at radius 2 is 1.47 bits per heavy atom. The van der Waals surface area contributed by atoms with Gasteiger partial charge in [0.25, 0.3) is 5.91 Å². The molecule has 2 atom stereocenters. The number of amides is 2. The molecule has 0 bridgehead atoms. The molecule has 1 aliphatic heterocycles. The van der Waals surface area contributed by atoms with Gasteiger partial charge in [0.2, 0.25) is 5.91 Å². The summed E-state index contributed by atoms with van der Waals surface area (Å²) >= 11 is 0. The topological polar surface area (TPSA) is 87.5 Å². The Morgan fingerprint density at radius 1 is 0.822 bits per heavy atom. The Labute approximate surface area is 265 Å². The van der Waals surface area contributed by atoms with E-state index < -0.39 is 6.04 Å². The monoisotopic (exact) mass is 596 g/mol. The summed E-state index contributed by atoms with van der Waals surface area (Å²) in [5.74, 6) is 0.0450. The van der Waals surface area contributed by atoms with E-state index in [1.807, 2.05) is 83.8 Å². The van der Waals surface area contributed by atoms with Crippen molar-refractivity contribution in [3.05, 3.63) is 150 Å².